The van der Waals surface area contributed by atoms with Gasteiger partial charge in [0.05, 0.1) is 19.1 Å². The zero-order valence-corrected chi connectivity index (χ0v) is 30.9. The lowest BCUT2D eigenvalue weighted by Gasteiger charge is -2.37. The molecule has 3 N–H and O–H groups in total. The molecule has 2 heterocycles. The van der Waals surface area contributed by atoms with Crippen LogP contribution in [0.1, 0.15) is 93.9 Å². The maximum absolute atomic E-state index is 13.9. The Morgan fingerprint density at radius 2 is 1.80 bits per heavy atom. The quantitative estimate of drug-likeness (QED) is 0.207. The average Bonchev–Trinajstić information content (AvgIpc) is 3.75. The van der Waals surface area contributed by atoms with Crippen molar-refractivity contribution in [1.29, 1.82) is 0 Å². The van der Waals surface area contributed by atoms with Gasteiger partial charge in [0, 0.05) is 30.9 Å². The first kappa shape index (κ1) is 40.0. The second-order valence-electron chi connectivity index (χ2n) is 13.8. The number of hydrogen-bond acceptors (Lipinski definition) is 9. The molecule has 2 aromatic rings. The van der Waals surface area contributed by atoms with Crippen LogP contribution in [0.2, 0.25) is 0 Å². The van der Waals surface area contributed by atoms with E-state index in [1.165, 1.54) is 19.2 Å². The number of methoxy groups -OCH3 is 1. The molecule has 0 bridgehead atoms. The van der Waals surface area contributed by atoms with Crippen LogP contribution < -0.4 is 10.6 Å². The molecule has 1 fully saturated rings. The number of amides is 3. The highest BCUT2D eigenvalue weighted by Gasteiger charge is 2.37. The van der Waals surface area contributed by atoms with Gasteiger partial charge >= 0.3 is 5.97 Å². The molecule has 7 atom stereocenters. The van der Waals surface area contributed by atoms with Gasteiger partial charge in [0.1, 0.15) is 28.7 Å². The lowest BCUT2D eigenvalue weighted by molar-refractivity contribution is -0.145. The number of carbonyl (C=O) groups excluding carboxylic acids is 4. The molecule has 1 aromatic carbocycles. The SMILES string of the molecule is CCC(C)[C@H](NC(=O)[C@H]1CCCN1C)C(=O)N(C)[C@H](C[C@@H](O)c1nc(C(=O)N[C@@H](Cc2ccc(F)cc2)C[C@H](C)C(=O)OC)cs1)C(C)C. The number of thiazole rings is 1. The fourth-order valence-electron chi connectivity index (χ4n) is 6.39. The van der Waals surface area contributed by atoms with Crippen LogP contribution >= 0.6 is 11.3 Å². The second kappa shape index (κ2) is 18.5. The summed E-state index contributed by atoms with van der Waals surface area (Å²) in [5.74, 6) is -2.19. The molecule has 1 aliphatic heterocycles. The first-order valence-electron chi connectivity index (χ1n) is 17.2. The Balaban J connectivity index is 1.71. The summed E-state index contributed by atoms with van der Waals surface area (Å²) in [6.07, 6.45) is 2.19. The van der Waals surface area contributed by atoms with Crippen LogP contribution in [-0.4, -0.2) is 95.5 Å². The van der Waals surface area contributed by atoms with Crippen LogP contribution in [0.4, 0.5) is 4.39 Å². The van der Waals surface area contributed by atoms with Crippen molar-refractivity contribution >= 4 is 35.0 Å². The van der Waals surface area contributed by atoms with E-state index in [2.05, 4.69) is 15.6 Å². The van der Waals surface area contributed by atoms with Crippen LogP contribution in [0.5, 0.6) is 0 Å². The molecule has 49 heavy (non-hydrogen) atoms. The van der Waals surface area contributed by atoms with Crippen LogP contribution in [0.3, 0.4) is 0 Å². The minimum Gasteiger partial charge on any atom is -0.469 e. The van der Waals surface area contributed by atoms with Gasteiger partial charge in [0.2, 0.25) is 11.8 Å². The summed E-state index contributed by atoms with van der Waals surface area (Å²) in [4.78, 5) is 60.7. The van der Waals surface area contributed by atoms with E-state index >= 15 is 0 Å². The van der Waals surface area contributed by atoms with Crippen molar-refractivity contribution in [3.63, 3.8) is 0 Å². The van der Waals surface area contributed by atoms with Crippen LogP contribution in [0, 0.1) is 23.6 Å². The van der Waals surface area contributed by atoms with Crippen molar-refractivity contribution in [3.8, 4) is 0 Å². The number of likely N-dealkylation sites (tertiary alicyclic amines) is 1. The Kier molecular flexibility index (Phi) is 15.1. The molecule has 13 heteroatoms. The Labute approximate surface area is 294 Å². The third-order valence-corrected chi connectivity index (χ3v) is 10.6. The number of rotatable bonds is 17. The largest absolute Gasteiger partial charge is 0.469 e. The predicted octanol–water partition coefficient (Wildman–Crippen LogP) is 4.35. The van der Waals surface area contributed by atoms with Crippen molar-refractivity contribution in [3.05, 3.63) is 51.7 Å². The number of aromatic nitrogens is 1. The van der Waals surface area contributed by atoms with E-state index in [1.807, 2.05) is 39.6 Å². The molecule has 3 amide bonds. The molecule has 11 nitrogen and oxygen atoms in total. The predicted molar refractivity (Wildman–Crippen MR) is 187 cm³/mol. The molecule has 0 saturated carbocycles. The topological polar surface area (TPSA) is 141 Å². The lowest BCUT2D eigenvalue weighted by Crippen LogP contribution is -2.56. The number of aliphatic hydroxyl groups is 1. The molecule has 1 unspecified atom stereocenters. The van der Waals surface area contributed by atoms with Gasteiger partial charge in [-0.3, -0.25) is 24.1 Å². The van der Waals surface area contributed by atoms with Crippen molar-refractivity contribution < 1.29 is 33.4 Å². The first-order chi connectivity index (χ1) is 23.2. The average molecular weight is 704 g/mol. The minimum atomic E-state index is -1.05. The first-order valence-corrected chi connectivity index (χ1v) is 18.1. The third kappa shape index (κ3) is 11.0. The number of esters is 1. The van der Waals surface area contributed by atoms with Gasteiger partial charge in [-0.1, -0.05) is 53.2 Å². The lowest BCUT2D eigenvalue weighted by atomic mass is 9.93. The number of halogens is 1. The van der Waals surface area contributed by atoms with Crippen molar-refractivity contribution in [2.24, 2.45) is 17.8 Å². The van der Waals surface area contributed by atoms with E-state index in [0.29, 0.717) is 24.3 Å². The number of hydrogen-bond donors (Lipinski definition) is 3. The molecule has 1 saturated heterocycles. The number of benzene rings is 1. The molecule has 0 radical (unpaired) electrons. The van der Waals surface area contributed by atoms with Crippen molar-refractivity contribution in [1.82, 2.24) is 25.4 Å². The highest BCUT2D eigenvalue weighted by atomic mass is 32.1. The van der Waals surface area contributed by atoms with E-state index in [1.54, 1.807) is 36.4 Å². The fourth-order valence-corrected chi connectivity index (χ4v) is 7.19. The molecular weight excluding hydrogens is 649 g/mol. The zero-order valence-electron chi connectivity index (χ0n) is 30.1. The normalized spacial score (nSPS) is 18.6. The van der Waals surface area contributed by atoms with Gasteiger partial charge < -0.3 is 25.4 Å². The van der Waals surface area contributed by atoms with Crippen LogP contribution in [0.15, 0.2) is 29.6 Å². The van der Waals surface area contributed by atoms with Crippen LogP contribution in [-0.2, 0) is 25.5 Å². The maximum Gasteiger partial charge on any atom is 0.308 e. The number of nitrogens with zero attached hydrogens (tertiary/aromatic N) is 3. The summed E-state index contributed by atoms with van der Waals surface area (Å²) in [5.41, 5.74) is 0.911. The molecular formula is C36H54FN5O6S. The Hall–Kier alpha value is -3.42. The summed E-state index contributed by atoms with van der Waals surface area (Å²) >= 11 is 1.15. The third-order valence-electron chi connectivity index (χ3n) is 9.69. The molecule has 272 valence electrons. The van der Waals surface area contributed by atoms with Gasteiger partial charge in [0.25, 0.3) is 5.91 Å². The van der Waals surface area contributed by atoms with Gasteiger partial charge in [-0.25, -0.2) is 9.37 Å². The Bertz CT molecular complexity index is 1400. The van der Waals surface area contributed by atoms with E-state index in [0.717, 1.165) is 36.3 Å². The molecule has 1 aromatic heterocycles. The van der Waals surface area contributed by atoms with Gasteiger partial charge in [-0.2, -0.15) is 0 Å². The summed E-state index contributed by atoms with van der Waals surface area (Å²) in [5, 5.41) is 19.2. The second-order valence-corrected chi connectivity index (χ2v) is 14.6. The van der Waals surface area contributed by atoms with E-state index in [-0.39, 0.29) is 53.7 Å². The molecule has 1 aliphatic rings. The number of aliphatic hydroxyl groups excluding tert-OH is 1. The monoisotopic (exact) mass is 703 g/mol. The maximum atomic E-state index is 13.9. The van der Waals surface area contributed by atoms with Crippen LogP contribution in [0.25, 0.3) is 0 Å². The minimum absolute atomic E-state index is 0.0235. The summed E-state index contributed by atoms with van der Waals surface area (Å²) in [6, 6.07) is 4.16. The van der Waals surface area contributed by atoms with Gasteiger partial charge in [-0.15, -0.1) is 11.3 Å². The fraction of sp³-hybridized carbons (Fsp3) is 0.639. The van der Waals surface area contributed by atoms with Gasteiger partial charge in [-0.05, 0) is 68.8 Å². The van der Waals surface area contributed by atoms with E-state index in [4.69, 9.17) is 4.74 Å². The molecule has 0 spiro atoms. The number of nitrogens with one attached hydrogen (secondary N) is 2. The summed E-state index contributed by atoms with van der Waals surface area (Å²) in [6.45, 7) is 10.5. The van der Waals surface area contributed by atoms with Gasteiger partial charge in [0.15, 0.2) is 0 Å². The molecule has 3 rings (SSSR count). The van der Waals surface area contributed by atoms with E-state index in [9.17, 15) is 28.7 Å². The smallest absolute Gasteiger partial charge is 0.308 e. The standard InChI is InChI=1S/C36H54FN5O6S/c1-9-22(4)31(40-33(45)28-11-10-16-41(28)6)35(46)42(7)29(21(2)3)19-30(43)34-39-27(20-49-34)32(44)38-26(17-23(5)36(47)48-8)18-24-12-14-25(37)15-13-24/h12-15,20-23,26,28-31,43H,9-11,16-19H2,1-8H3,(H,38,44)(H,40,45)/t22?,23-,26+,28+,29+,30+,31-/m0/s1. The Morgan fingerprint density at radius 1 is 1.12 bits per heavy atom. The van der Waals surface area contributed by atoms with E-state index < -0.39 is 36.0 Å². The number of ether oxygens (including phenoxy) is 1. The number of carbonyl (C=O) groups is 4. The molecule has 0 aliphatic carbocycles. The highest BCUT2D eigenvalue weighted by molar-refractivity contribution is 7.09. The highest BCUT2D eigenvalue weighted by Crippen LogP contribution is 2.28. The summed E-state index contributed by atoms with van der Waals surface area (Å²) in [7, 11) is 4.94. The Morgan fingerprint density at radius 3 is 2.37 bits per heavy atom. The van der Waals surface area contributed by atoms with Crippen molar-refractivity contribution in [2.45, 2.75) is 103 Å². The van der Waals surface area contributed by atoms with Crippen molar-refractivity contribution in [2.75, 3.05) is 27.7 Å². The zero-order chi connectivity index (χ0) is 36.4. The number of likely N-dealkylation sites (N-methyl/N-ethyl adjacent to an activating group) is 2. The summed E-state index contributed by atoms with van der Waals surface area (Å²) < 4.78 is 18.4.